The van der Waals surface area contributed by atoms with Gasteiger partial charge in [0, 0.05) is 6.42 Å². The summed E-state index contributed by atoms with van der Waals surface area (Å²) in [6.07, 6.45) is 8.36. The standard InChI is InChI=1S/C16H27F3O2/c17-16(18,19)14-12-10-8-6-4-2-1-3-5-7-9-11-13-15(20)21/h10,12H,1-9,11,13-14H2,(H,20,21)/b12-10+. The highest BCUT2D eigenvalue weighted by atomic mass is 19.4. The Bertz CT molecular complexity index is 286. The second kappa shape index (κ2) is 12.7. The minimum atomic E-state index is -4.08. The molecule has 5 heteroatoms. The molecule has 0 aromatic carbocycles. The van der Waals surface area contributed by atoms with Crippen LogP contribution in [0, 0.1) is 0 Å². The van der Waals surface area contributed by atoms with E-state index >= 15 is 0 Å². The third kappa shape index (κ3) is 19.0. The molecular weight excluding hydrogens is 281 g/mol. The third-order valence-corrected chi connectivity index (χ3v) is 3.28. The Labute approximate surface area is 125 Å². The summed E-state index contributed by atoms with van der Waals surface area (Å²) in [5.41, 5.74) is 0. The number of carboxylic acids is 1. The van der Waals surface area contributed by atoms with Crippen LogP contribution in [-0.4, -0.2) is 17.3 Å². The van der Waals surface area contributed by atoms with Crippen molar-refractivity contribution in [2.75, 3.05) is 0 Å². The molecule has 0 saturated heterocycles. The second-order valence-corrected chi connectivity index (χ2v) is 5.41. The van der Waals surface area contributed by atoms with E-state index in [1.54, 1.807) is 6.08 Å². The zero-order valence-corrected chi connectivity index (χ0v) is 12.6. The number of alkyl halides is 3. The van der Waals surface area contributed by atoms with Crippen molar-refractivity contribution in [3.8, 4) is 0 Å². The zero-order valence-electron chi connectivity index (χ0n) is 12.6. The molecule has 0 fully saturated rings. The van der Waals surface area contributed by atoms with Crippen LogP contribution in [0.4, 0.5) is 13.2 Å². The first kappa shape index (κ1) is 20.0. The molecule has 0 aliphatic rings. The molecule has 0 aromatic heterocycles. The Hall–Kier alpha value is -1.00. The van der Waals surface area contributed by atoms with E-state index in [4.69, 9.17) is 5.11 Å². The molecule has 0 atom stereocenters. The van der Waals surface area contributed by atoms with E-state index in [0.29, 0.717) is 0 Å². The molecule has 0 heterocycles. The minimum Gasteiger partial charge on any atom is -0.481 e. The van der Waals surface area contributed by atoms with Crippen LogP contribution in [0.25, 0.3) is 0 Å². The molecule has 0 unspecified atom stereocenters. The SMILES string of the molecule is O=C(O)CCCCCCCCCCC/C=C/CC(F)(F)F. The molecule has 0 radical (unpaired) electrons. The third-order valence-electron chi connectivity index (χ3n) is 3.28. The highest BCUT2D eigenvalue weighted by molar-refractivity contribution is 5.66. The lowest BCUT2D eigenvalue weighted by Crippen LogP contribution is -2.03. The van der Waals surface area contributed by atoms with Gasteiger partial charge in [-0.05, 0) is 19.3 Å². The van der Waals surface area contributed by atoms with Gasteiger partial charge in [-0.3, -0.25) is 4.79 Å². The number of rotatable bonds is 13. The van der Waals surface area contributed by atoms with Gasteiger partial charge < -0.3 is 5.11 Å². The van der Waals surface area contributed by atoms with Crippen molar-refractivity contribution < 1.29 is 23.1 Å². The van der Waals surface area contributed by atoms with Crippen LogP contribution in [0.5, 0.6) is 0 Å². The Morgan fingerprint density at radius 3 is 1.76 bits per heavy atom. The van der Waals surface area contributed by atoms with Crippen molar-refractivity contribution in [1.82, 2.24) is 0 Å². The van der Waals surface area contributed by atoms with Crippen molar-refractivity contribution in [3.05, 3.63) is 12.2 Å². The summed E-state index contributed by atoms with van der Waals surface area (Å²) < 4.78 is 35.5. The van der Waals surface area contributed by atoms with Gasteiger partial charge in [0.05, 0.1) is 6.42 Å². The number of unbranched alkanes of at least 4 members (excludes halogenated alkanes) is 9. The summed E-state index contributed by atoms with van der Waals surface area (Å²) in [5, 5.41) is 8.47. The second-order valence-electron chi connectivity index (χ2n) is 5.41. The molecule has 0 aliphatic heterocycles. The van der Waals surface area contributed by atoms with Gasteiger partial charge in [-0.1, -0.05) is 57.1 Å². The van der Waals surface area contributed by atoms with Gasteiger partial charge in [-0.2, -0.15) is 13.2 Å². The first-order chi connectivity index (χ1) is 9.92. The first-order valence-corrected chi connectivity index (χ1v) is 7.85. The van der Waals surface area contributed by atoms with Gasteiger partial charge in [-0.15, -0.1) is 0 Å². The van der Waals surface area contributed by atoms with Crippen LogP contribution in [0.15, 0.2) is 12.2 Å². The largest absolute Gasteiger partial charge is 0.481 e. The molecule has 0 aromatic rings. The Morgan fingerprint density at radius 1 is 0.810 bits per heavy atom. The molecule has 0 amide bonds. The Kier molecular flexibility index (Phi) is 12.1. The van der Waals surface area contributed by atoms with E-state index in [1.165, 1.54) is 6.08 Å². The summed E-state index contributed by atoms with van der Waals surface area (Å²) in [7, 11) is 0. The molecule has 0 saturated carbocycles. The topological polar surface area (TPSA) is 37.3 Å². The number of hydrogen-bond donors (Lipinski definition) is 1. The summed E-state index contributed by atoms with van der Waals surface area (Å²) in [6.45, 7) is 0. The maximum atomic E-state index is 11.8. The normalized spacial score (nSPS) is 12.1. The monoisotopic (exact) mass is 308 g/mol. The molecule has 1 N–H and O–H groups in total. The van der Waals surface area contributed by atoms with Gasteiger partial charge in [-0.25, -0.2) is 0 Å². The van der Waals surface area contributed by atoms with Gasteiger partial charge >= 0.3 is 12.1 Å². The Morgan fingerprint density at radius 2 is 1.29 bits per heavy atom. The van der Waals surface area contributed by atoms with Crippen LogP contribution in [0.1, 0.15) is 77.0 Å². The first-order valence-electron chi connectivity index (χ1n) is 7.85. The van der Waals surface area contributed by atoms with Crippen LogP contribution in [0.3, 0.4) is 0 Å². The molecule has 0 aliphatic carbocycles. The number of halogens is 3. The molecule has 0 rings (SSSR count). The van der Waals surface area contributed by atoms with Gasteiger partial charge in [0.25, 0.3) is 0 Å². The van der Waals surface area contributed by atoms with Crippen molar-refractivity contribution >= 4 is 5.97 Å². The van der Waals surface area contributed by atoms with E-state index in [0.717, 1.165) is 64.2 Å². The zero-order chi connectivity index (χ0) is 16.0. The van der Waals surface area contributed by atoms with Crippen LogP contribution >= 0.6 is 0 Å². The summed E-state index contributed by atoms with van der Waals surface area (Å²) in [6, 6.07) is 0. The minimum absolute atomic E-state index is 0.266. The molecule has 2 nitrogen and oxygen atoms in total. The van der Waals surface area contributed by atoms with E-state index in [1.807, 2.05) is 0 Å². The number of carbonyl (C=O) groups is 1. The number of carboxylic acid groups (broad SMARTS) is 1. The number of hydrogen-bond acceptors (Lipinski definition) is 1. The summed E-state index contributed by atoms with van der Waals surface area (Å²) in [4.78, 5) is 10.3. The predicted octanol–water partition coefficient (Wildman–Crippen LogP) is 5.87. The van der Waals surface area contributed by atoms with E-state index in [9.17, 15) is 18.0 Å². The highest BCUT2D eigenvalue weighted by Gasteiger charge is 2.24. The van der Waals surface area contributed by atoms with E-state index in [2.05, 4.69) is 0 Å². The molecule has 124 valence electrons. The average Bonchev–Trinajstić information content (AvgIpc) is 2.37. The summed E-state index contributed by atoms with van der Waals surface area (Å²) in [5.74, 6) is -0.723. The van der Waals surface area contributed by atoms with E-state index in [-0.39, 0.29) is 6.42 Å². The molecule has 0 spiro atoms. The van der Waals surface area contributed by atoms with Gasteiger partial charge in [0.2, 0.25) is 0 Å². The Balaban J connectivity index is 3.14. The maximum absolute atomic E-state index is 11.8. The fourth-order valence-electron chi connectivity index (χ4n) is 2.11. The lowest BCUT2D eigenvalue weighted by Gasteiger charge is -2.02. The fourth-order valence-corrected chi connectivity index (χ4v) is 2.11. The van der Waals surface area contributed by atoms with Crippen LogP contribution in [0.2, 0.25) is 0 Å². The van der Waals surface area contributed by atoms with Crippen molar-refractivity contribution in [3.63, 3.8) is 0 Å². The van der Waals surface area contributed by atoms with Crippen LogP contribution < -0.4 is 0 Å². The predicted molar refractivity (Wildman–Crippen MR) is 78.2 cm³/mol. The van der Waals surface area contributed by atoms with Crippen molar-refractivity contribution in [1.29, 1.82) is 0 Å². The highest BCUT2D eigenvalue weighted by Crippen LogP contribution is 2.20. The molecule has 0 bridgehead atoms. The fraction of sp³-hybridized carbons (Fsp3) is 0.812. The molecular formula is C16H27F3O2. The summed E-state index contributed by atoms with van der Waals surface area (Å²) >= 11 is 0. The van der Waals surface area contributed by atoms with Crippen molar-refractivity contribution in [2.24, 2.45) is 0 Å². The lowest BCUT2D eigenvalue weighted by molar-refractivity contribution is -0.137. The molecule has 21 heavy (non-hydrogen) atoms. The quantitative estimate of drug-likeness (QED) is 0.341. The van der Waals surface area contributed by atoms with Gasteiger partial charge in [0.15, 0.2) is 0 Å². The number of aliphatic carboxylic acids is 1. The van der Waals surface area contributed by atoms with Crippen molar-refractivity contribution in [2.45, 2.75) is 83.2 Å². The number of allylic oxidation sites excluding steroid dienone is 2. The maximum Gasteiger partial charge on any atom is 0.392 e. The average molecular weight is 308 g/mol. The van der Waals surface area contributed by atoms with Gasteiger partial charge in [0.1, 0.15) is 0 Å². The lowest BCUT2D eigenvalue weighted by atomic mass is 10.1. The van der Waals surface area contributed by atoms with Crippen LogP contribution in [-0.2, 0) is 4.79 Å². The van der Waals surface area contributed by atoms with E-state index < -0.39 is 18.6 Å². The smallest absolute Gasteiger partial charge is 0.392 e.